The molecule has 15 heavy (non-hydrogen) atoms. The molecule has 0 aromatic carbocycles. The van der Waals surface area contributed by atoms with Gasteiger partial charge in [-0.2, -0.15) is 0 Å². The molecule has 88 valence electrons. The van der Waals surface area contributed by atoms with E-state index in [9.17, 15) is 5.11 Å². The van der Waals surface area contributed by atoms with E-state index >= 15 is 0 Å². The van der Waals surface area contributed by atoms with Crippen molar-refractivity contribution in [3.63, 3.8) is 0 Å². The third-order valence-corrected chi connectivity index (χ3v) is 3.98. The number of ether oxygens (including phenoxy) is 1. The third-order valence-electron chi connectivity index (χ3n) is 3.98. The van der Waals surface area contributed by atoms with Gasteiger partial charge in [-0.25, -0.2) is 0 Å². The summed E-state index contributed by atoms with van der Waals surface area (Å²) in [5.41, 5.74) is 0.0136. The molecule has 3 heteroatoms. The van der Waals surface area contributed by atoms with E-state index in [2.05, 4.69) is 5.32 Å². The summed E-state index contributed by atoms with van der Waals surface area (Å²) in [7, 11) is 1.75. The molecule has 0 heterocycles. The minimum absolute atomic E-state index is 0.0136. The number of aliphatic hydroxyl groups is 1. The van der Waals surface area contributed by atoms with Gasteiger partial charge in [0.05, 0.1) is 6.61 Å². The van der Waals surface area contributed by atoms with Gasteiger partial charge in [-0.3, -0.25) is 0 Å². The van der Waals surface area contributed by atoms with E-state index in [1.165, 1.54) is 25.7 Å². The molecule has 2 atom stereocenters. The number of methoxy groups -OCH3 is 1. The molecule has 0 amide bonds. The van der Waals surface area contributed by atoms with Crippen LogP contribution in [0.4, 0.5) is 0 Å². The molecule has 0 aromatic heterocycles. The summed E-state index contributed by atoms with van der Waals surface area (Å²) in [5, 5.41) is 13.3. The fourth-order valence-electron chi connectivity index (χ4n) is 2.90. The van der Waals surface area contributed by atoms with Gasteiger partial charge in [0.15, 0.2) is 0 Å². The van der Waals surface area contributed by atoms with E-state index in [1.54, 1.807) is 7.11 Å². The van der Waals surface area contributed by atoms with Gasteiger partial charge in [-0.1, -0.05) is 6.42 Å². The standard InChI is InChI=1S/C12H23NO2/c1-15-8-6-10-3-2-7-12(10,9-14)13-11-4-5-11/h10-11,13-14H,2-9H2,1H3. The van der Waals surface area contributed by atoms with E-state index < -0.39 is 0 Å². The first-order chi connectivity index (χ1) is 7.30. The molecule has 0 bridgehead atoms. The number of nitrogens with one attached hydrogen (secondary N) is 1. The molecule has 0 radical (unpaired) electrons. The van der Waals surface area contributed by atoms with Crippen LogP contribution >= 0.6 is 0 Å². The van der Waals surface area contributed by atoms with E-state index in [0.29, 0.717) is 12.0 Å². The fraction of sp³-hybridized carbons (Fsp3) is 1.00. The summed E-state index contributed by atoms with van der Waals surface area (Å²) in [5.74, 6) is 0.600. The summed E-state index contributed by atoms with van der Waals surface area (Å²) in [6, 6.07) is 0.681. The molecule has 0 spiro atoms. The van der Waals surface area contributed by atoms with Crippen LogP contribution in [-0.4, -0.2) is 37.0 Å². The Morgan fingerprint density at radius 3 is 2.80 bits per heavy atom. The fourth-order valence-corrected chi connectivity index (χ4v) is 2.90. The van der Waals surface area contributed by atoms with Gasteiger partial charge < -0.3 is 15.2 Å². The normalized spacial score (nSPS) is 36.0. The molecule has 2 saturated carbocycles. The molecular formula is C12H23NO2. The van der Waals surface area contributed by atoms with Gasteiger partial charge in [0.25, 0.3) is 0 Å². The average Bonchev–Trinajstić information content (AvgIpc) is 2.96. The lowest BCUT2D eigenvalue weighted by Gasteiger charge is -2.35. The number of aliphatic hydroxyl groups excluding tert-OH is 1. The van der Waals surface area contributed by atoms with Crippen LogP contribution in [0.5, 0.6) is 0 Å². The van der Waals surface area contributed by atoms with Gasteiger partial charge in [-0.05, 0) is 38.0 Å². The first-order valence-corrected chi connectivity index (χ1v) is 6.18. The third kappa shape index (κ3) is 2.52. The quantitative estimate of drug-likeness (QED) is 0.699. The van der Waals surface area contributed by atoms with Crippen molar-refractivity contribution in [2.75, 3.05) is 20.3 Å². The van der Waals surface area contributed by atoms with Gasteiger partial charge in [0, 0.05) is 25.3 Å². The average molecular weight is 213 g/mol. The first kappa shape index (κ1) is 11.4. The Morgan fingerprint density at radius 2 is 2.20 bits per heavy atom. The van der Waals surface area contributed by atoms with Crippen molar-refractivity contribution in [1.82, 2.24) is 5.32 Å². The molecule has 0 aliphatic heterocycles. The highest BCUT2D eigenvalue weighted by molar-refractivity contribution is 5.02. The molecule has 2 unspecified atom stereocenters. The minimum Gasteiger partial charge on any atom is -0.394 e. The van der Waals surface area contributed by atoms with Crippen molar-refractivity contribution in [2.24, 2.45) is 5.92 Å². The largest absolute Gasteiger partial charge is 0.394 e. The van der Waals surface area contributed by atoms with Gasteiger partial charge >= 0.3 is 0 Å². The molecule has 2 aliphatic rings. The van der Waals surface area contributed by atoms with E-state index in [-0.39, 0.29) is 12.1 Å². The van der Waals surface area contributed by atoms with Crippen LogP contribution in [0.2, 0.25) is 0 Å². The Kier molecular flexibility index (Phi) is 3.65. The molecular weight excluding hydrogens is 190 g/mol. The Labute approximate surface area is 92.2 Å². The topological polar surface area (TPSA) is 41.5 Å². The van der Waals surface area contributed by atoms with Crippen molar-refractivity contribution < 1.29 is 9.84 Å². The number of hydrogen-bond acceptors (Lipinski definition) is 3. The maximum Gasteiger partial charge on any atom is 0.0616 e. The summed E-state index contributed by atoms with van der Waals surface area (Å²) in [6.07, 6.45) is 7.28. The Balaban J connectivity index is 1.93. The van der Waals surface area contributed by atoms with E-state index in [4.69, 9.17) is 4.74 Å². The van der Waals surface area contributed by atoms with Crippen LogP contribution in [0.3, 0.4) is 0 Å². The van der Waals surface area contributed by atoms with Crippen LogP contribution in [0, 0.1) is 5.92 Å². The zero-order chi connectivity index (χ0) is 10.7. The van der Waals surface area contributed by atoms with E-state index in [1.807, 2.05) is 0 Å². The molecule has 3 nitrogen and oxygen atoms in total. The lowest BCUT2D eigenvalue weighted by Crippen LogP contribution is -2.52. The number of rotatable bonds is 6. The molecule has 0 saturated heterocycles. The second-order valence-electron chi connectivity index (χ2n) is 5.10. The van der Waals surface area contributed by atoms with Crippen LogP contribution < -0.4 is 5.32 Å². The SMILES string of the molecule is COCCC1CCCC1(CO)NC1CC1. The lowest BCUT2D eigenvalue weighted by atomic mass is 9.85. The molecule has 0 aromatic rings. The zero-order valence-electron chi connectivity index (χ0n) is 9.67. The summed E-state index contributed by atoms with van der Waals surface area (Å²) < 4.78 is 5.15. The Morgan fingerprint density at radius 1 is 1.40 bits per heavy atom. The summed E-state index contributed by atoms with van der Waals surface area (Å²) in [6.45, 7) is 1.11. The van der Waals surface area contributed by atoms with Crippen molar-refractivity contribution >= 4 is 0 Å². The Hall–Kier alpha value is -0.120. The van der Waals surface area contributed by atoms with Gasteiger partial charge in [-0.15, -0.1) is 0 Å². The van der Waals surface area contributed by atoms with Crippen LogP contribution in [0.25, 0.3) is 0 Å². The zero-order valence-corrected chi connectivity index (χ0v) is 9.67. The second-order valence-corrected chi connectivity index (χ2v) is 5.10. The first-order valence-electron chi connectivity index (χ1n) is 6.18. The second kappa shape index (κ2) is 4.81. The molecule has 2 rings (SSSR count). The molecule has 2 fully saturated rings. The Bertz CT molecular complexity index is 206. The maximum absolute atomic E-state index is 9.66. The highest BCUT2D eigenvalue weighted by atomic mass is 16.5. The van der Waals surface area contributed by atoms with Crippen molar-refractivity contribution in [3.05, 3.63) is 0 Å². The van der Waals surface area contributed by atoms with Gasteiger partial charge in [0.2, 0.25) is 0 Å². The highest BCUT2D eigenvalue weighted by Gasteiger charge is 2.44. The monoisotopic (exact) mass is 213 g/mol. The highest BCUT2D eigenvalue weighted by Crippen LogP contribution is 2.40. The van der Waals surface area contributed by atoms with Gasteiger partial charge in [0.1, 0.15) is 0 Å². The predicted molar refractivity (Wildman–Crippen MR) is 59.8 cm³/mol. The smallest absolute Gasteiger partial charge is 0.0616 e. The van der Waals surface area contributed by atoms with Crippen molar-refractivity contribution in [1.29, 1.82) is 0 Å². The van der Waals surface area contributed by atoms with Crippen LogP contribution in [-0.2, 0) is 4.74 Å². The summed E-state index contributed by atoms with van der Waals surface area (Å²) >= 11 is 0. The van der Waals surface area contributed by atoms with Crippen molar-refractivity contribution in [3.8, 4) is 0 Å². The molecule has 2 aliphatic carbocycles. The van der Waals surface area contributed by atoms with Crippen LogP contribution in [0.1, 0.15) is 38.5 Å². The van der Waals surface area contributed by atoms with Crippen LogP contribution in [0.15, 0.2) is 0 Å². The summed E-state index contributed by atoms with van der Waals surface area (Å²) in [4.78, 5) is 0. The predicted octanol–water partition coefficient (Wildman–Crippen LogP) is 1.31. The van der Waals surface area contributed by atoms with Crippen molar-refractivity contribution in [2.45, 2.75) is 50.1 Å². The van der Waals surface area contributed by atoms with E-state index in [0.717, 1.165) is 19.4 Å². The minimum atomic E-state index is 0.0136. The number of hydrogen-bond donors (Lipinski definition) is 2. The lowest BCUT2D eigenvalue weighted by molar-refractivity contribution is 0.0950. The maximum atomic E-state index is 9.66. The molecule has 2 N–H and O–H groups in total.